The van der Waals surface area contributed by atoms with Gasteiger partial charge in [-0.3, -0.25) is 19.2 Å². The molecule has 3 aromatic carbocycles. The monoisotopic (exact) mass is 968 g/mol. The maximum Gasteiger partial charge on any atom is 0.509 e. The van der Waals surface area contributed by atoms with Crippen molar-refractivity contribution in [1.82, 2.24) is 0 Å². The lowest BCUT2D eigenvalue weighted by molar-refractivity contribution is -0.344. The lowest BCUT2D eigenvalue weighted by atomic mass is 9.44. The number of benzene rings is 3. The fourth-order valence-electron chi connectivity index (χ4n) is 11.4. The van der Waals surface area contributed by atoms with Crippen molar-refractivity contribution in [3.63, 3.8) is 0 Å². The van der Waals surface area contributed by atoms with Gasteiger partial charge in [-0.1, -0.05) is 83.1 Å². The van der Waals surface area contributed by atoms with E-state index < -0.39 is 115 Å². The van der Waals surface area contributed by atoms with Gasteiger partial charge in [0.25, 0.3) is 0 Å². The summed E-state index contributed by atoms with van der Waals surface area (Å²) in [7, 11) is -1.18. The number of Topliss-reactive ketones (excluding diaryl/α,β-unsaturated/α-hetero) is 2. The third kappa shape index (κ3) is 9.28. The van der Waals surface area contributed by atoms with Crippen molar-refractivity contribution in [2.24, 2.45) is 16.7 Å². The van der Waals surface area contributed by atoms with Crippen LogP contribution in [0.3, 0.4) is 0 Å². The van der Waals surface area contributed by atoms with Gasteiger partial charge in [-0.15, -0.1) is 0 Å². The minimum atomic E-state index is -2.66. The number of carbonyl (C=O) groups excluding carboxylic acids is 6. The molecule has 1 N–H and O–H groups in total. The molecule has 2 bridgehead atoms. The zero-order valence-corrected chi connectivity index (χ0v) is 41.9. The van der Waals surface area contributed by atoms with Gasteiger partial charge in [0, 0.05) is 30.7 Å². The van der Waals surface area contributed by atoms with E-state index in [4.69, 9.17) is 37.6 Å². The summed E-state index contributed by atoms with van der Waals surface area (Å²) in [6, 6.07) is 25.3. The minimum absolute atomic E-state index is 0.0631. The second-order valence-electron chi connectivity index (χ2n) is 19.4. The molecule has 1 aliphatic heterocycles. The average Bonchev–Trinajstić information content (AvgIpc) is 3.33. The topological polar surface area (TPSA) is 196 Å². The highest BCUT2D eigenvalue weighted by molar-refractivity contribution is 6.73. The van der Waals surface area contributed by atoms with Crippen LogP contribution in [0.4, 0.5) is 4.79 Å². The molecular weight excluding hydrogens is 905 g/mol. The van der Waals surface area contributed by atoms with E-state index in [1.807, 2.05) is 26.8 Å². The van der Waals surface area contributed by atoms with Gasteiger partial charge in [-0.25, -0.2) is 9.59 Å². The second kappa shape index (κ2) is 20.0. The third-order valence-corrected chi connectivity index (χ3v) is 20.2. The van der Waals surface area contributed by atoms with Crippen LogP contribution in [-0.4, -0.2) is 104 Å². The number of aliphatic hydroxyl groups is 1. The third-order valence-electron chi connectivity index (χ3n) is 15.6. The van der Waals surface area contributed by atoms with Crippen LogP contribution >= 0.6 is 0 Å². The van der Waals surface area contributed by atoms with Crippen molar-refractivity contribution >= 4 is 43.9 Å². The molecule has 7 rings (SSSR count). The molecule has 0 radical (unpaired) electrons. The molecule has 16 heteroatoms. The van der Waals surface area contributed by atoms with Crippen molar-refractivity contribution in [3.05, 3.63) is 113 Å². The second-order valence-corrected chi connectivity index (χ2v) is 24.2. The van der Waals surface area contributed by atoms with Crippen LogP contribution in [0.1, 0.15) is 101 Å². The fraction of sp³-hybridized carbons (Fsp3) is 0.509. The van der Waals surface area contributed by atoms with Gasteiger partial charge in [0.15, 0.2) is 31.6 Å². The molecule has 1 saturated heterocycles. The summed E-state index contributed by atoms with van der Waals surface area (Å²) >= 11 is 0. The summed E-state index contributed by atoms with van der Waals surface area (Å²) in [6.45, 7) is 13.4. The van der Waals surface area contributed by atoms with Crippen LogP contribution < -0.4 is 4.74 Å². The van der Waals surface area contributed by atoms with Crippen LogP contribution in [0.25, 0.3) is 0 Å². The first-order chi connectivity index (χ1) is 32.7. The maximum atomic E-state index is 16.5. The Morgan fingerprint density at radius 3 is 2.01 bits per heavy atom. The van der Waals surface area contributed by atoms with Gasteiger partial charge >= 0.3 is 24.1 Å². The molecule has 0 amide bonds. The highest BCUT2D eigenvalue weighted by Gasteiger charge is 2.79. The van der Waals surface area contributed by atoms with Crippen molar-refractivity contribution in [3.8, 4) is 5.75 Å². The molecule has 9 atom stereocenters. The summed E-state index contributed by atoms with van der Waals surface area (Å²) in [6.07, 6.45) is -9.15. The van der Waals surface area contributed by atoms with Crippen LogP contribution in [0.5, 0.6) is 5.75 Å². The van der Waals surface area contributed by atoms with Gasteiger partial charge in [-0.05, 0) is 85.1 Å². The van der Waals surface area contributed by atoms with Gasteiger partial charge < -0.3 is 42.7 Å². The summed E-state index contributed by atoms with van der Waals surface area (Å²) < 4.78 is 49.9. The molecule has 4 aliphatic rings. The first-order valence-corrected chi connectivity index (χ1v) is 26.2. The van der Waals surface area contributed by atoms with Crippen LogP contribution in [0.2, 0.25) is 18.1 Å². The molecule has 0 spiro atoms. The molecule has 3 aromatic rings. The van der Waals surface area contributed by atoms with Gasteiger partial charge in [0.1, 0.15) is 42.7 Å². The van der Waals surface area contributed by atoms with E-state index in [9.17, 15) is 29.1 Å². The minimum Gasteiger partial charge on any atom is -0.497 e. The van der Waals surface area contributed by atoms with Crippen molar-refractivity contribution in [2.75, 3.05) is 13.7 Å². The van der Waals surface area contributed by atoms with Crippen LogP contribution in [0, 0.1) is 16.7 Å². The predicted octanol–water partition coefficient (Wildman–Crippen LogP) is 8.30. The molecule has 2 saturated carbocycles. The van der Waals surface area contributed by atoms with Crippen LogP contribution in [-0.2, 0) is 53.8 Å². The zero-order chi connectivity index (χ0) is 50.1. The molecule has 3 fully saturated rings. The Hall–Kier alpha value is -5.68. The van der Waals surface area contributed by atoms with E-state index >= 15 is 4.79 Å². The summed E-state index contributed by atoms with van der Waals surface area (Å²) in [4.78, 5) is 86.3. The molecule has 15 nitrogen and oxygen atoms in total. The number of fused-ring (bicyclic) bond motifs is 5. The first-order valence-electron chi connectivity index (χ1n) is 23.7. The first kappa shape index (κ1) is 51.2. The highest BCUT2D eigenvalue weighted by Crippen LogP contribution is 2.65. The van der Waals surface area contributed by atoms with Crippen molar-refractivity contribution < 1.29 is 71.5 Å². The largest absolute Gasteiger partial charge is 0.509 e. The number of hydrogen-bond acceptors (Lipinski definition) is 15. The molecule has 3 aliphatic carbocycles. The Morgan fingerprint density at radius 1 is 0.826 bits per heavy atom. The quantitative estimate of drug-likeness (QED) is 0.0359. The number of ether oxygens (including phenoxy) is 7. The Balaban J connectivity index is 1.45. The highest BCUT2D eigenvalue weighted by atomic mass is 28.4. The fourth-order valence-corrected chi connectivity index (χ4v) is 14.3. The van der Waals surface area contributed by atoms with E-state index in [-0.39, 0.29) is 41.9 Å². The Bertz CT molecular complexity index is 2440. The standard InChI is InChI=1S/C53H64O15Si/c1-10-69(11-2,12-3)68-40-28-41-52(31-63-41,67-33(5)54)45-47(66-48(58)36-21-17-14-18-22-36)53(60)29-39(64-42(56)27-38(55)35-23-25-37(61-9)26-24-35)32(4)43(50(53,6)7)44(46(57)51(40,45)8)65-49(59)62-30-34-19-15-13-16-20-34/h13-26,39-41,44-45,47,60H,10-12,27-31H2,1-9H3/t39-,40-,41+,44+,45-,47-,51+,52-,53+/m0/s1. The normalized spacial score (nSPS) is 29.1. The Labute approximate surface area is 404 Å². The van der Waals surface area contributed by atoms with E-state index in [0.29, 0.717) is 29.4 Å². The summed E-state index contributed by atoms with van der Waals surface area (Å²) in [5, 5.41) is 14.1. The molecule has 0 aromatic heterocycles. The van der Waals surface area contributed by atoms with Gasteiger partial charge in [0.05, 0.1) is 36.7 Å². The van der Waals surface area contributed by atoms with E-state index in [0.717, 1.165) is 0 Å². The molecule has 0 unspecified atom stereocenters. The average molecular weight is 969 g/mol. The number of rotatable bonds is 16. The lowest BCUT2D eigenvalue weighted by Crippen LogP contribution is -2.82. The number of carbonyl (C=O) groups is 6. The number of ketones is 2. The smallest absolute Gasteiger partial charge is 0.497 e. The van der Waals surface area contributed by atoms with Crippen molar-refractivity contribution in [2.45, 2.75) is 141 Å². The molecule has 1 heterocycles. The Kier molecular flexibility index (Phi) is 14.8. The van der Waals surface area contributed by atoms with E-state index in [1.165, 1.54) is 26.2 Å². The summed E-state index contributed by atoms with van der Waals surface area (Å²) in [5.41, 5.74) is -6.26. The predicted molar refractivity (Wildman–Crippen MR) is 253 cm³/mol. The number of esters is 3. The molecular formula is C53H64O15Si. The molecule has 69 heavy (non-hydrogen) atoms. The number of hydrogen-bond donors (Lipinski definition) is 1. The van der Waals surface area contributed by atoms with Crippen molar-refractivity contribution in [1.29, 1.82) is 0 Å². The van der Waals surface area contributed by atoms with Crippen LogP contribution in [0.15, 0.2) is 96.1 Å². The van der Waals surface area contributed by atoms with E-state index in [2.05, 4.69) is 0 Å². The lowest BCUT2D eigenvalue weighted by Gasteiger charge is -2.68. The summed E-state index contributed by atoms with van der Waals surface area (Å²) in [5.74, 6) is -4.72. The maximum absolute atomic E-state index is 16.5. The zero-order valence-electron chi connectivity index (χ0n) is 40.9. The van der Waals surface area contributed by atoms with Gasteiger partial charge in [-0.2, -0.15) is 0 Å². The Morgan fingerprint density at radius 2 is 1.45 bits per heavy atom. The number of methoxy groups -OCH3 is 1. The molecule has 370 valence electrons. The van der Waals surface area contributed by atoms with Gasteiger partial charge in [0.2, 0.25) is 0 Å². The van der Waals surface area contributed by atoms with E-state index in [1.54, 1.807) is 94.4 Å². The SMILES string of the molecule is CC[Si](CC)(CC)O[C@H]1C[C@H]2OC[C@@]2(OC(C)=O)[C@H]2[C@H](OC(=O)c3ccccc3)[C@]3(O)C[C@H](OC(=O)CC(=O)c4ccc(OC)cc4)C(C)=C([C@@H](OC(=O)OCc4ccccc4)C(=O)[C@]12C)C3(C)C.